The van der Waals surface area contributed by atoms with Crippen LogP contribution >= 0.6 is 0 Å². The molecule has 0 bridgehead atoms. The van der Waals surface area contributed by atoms with E-state index in [0.29, 0.717) is 5.41 Å². The first-order valence-electron chi connectivity index (χ1n) is 9.09. The number of rotatable bonds is 8. The lowest BCUT2D eigenvalue weighted by Gasteiger charge is -2.44. The van der Waals surface area contributed by atoms with Crippen molar-refractivity contribution in [2.45, 2.75) is 66.7 Å². The lowest BCUT2D eigenvalue weighted by atomic mass is 9.62. The molecule has 0 heterocycles. The molecule has 2 heteroatoms. The molecule has 1 saturated carbocycles. The molecule has 1 aliphatic rings. The van der Waals surface area contributed by atoms with E-state index in [4.69, 9.17) is 4.74 Å². The Kier molecular flexibility index (Phi) is 8.26. The molecule has 1 rings (SSSR count). The van der Waals surface area contributed by atoms with Crippen molar-refractivity contribution in [1.82, 2.24) is 5.32 Å². The lowest BCUT2D eigenvalue weighted by Crippen LogP contribution is -2.39. The average molecular weight is 298 g/mol. The maximum atomic E-state index is 5.32. The van der Waals surface area contributed by atoms with Gasteiger partial charge < -0.3 is 10.1 Å². The van der Waals surface area contributed by atoms with Gasteiger partial charge in [0.1, 0.15) is 0 Å². The topological polar surface area (TPSA) is 21.3 Å². The van der Waals surface area contributed by atoms with E-state index in [1.807, 2.05) is 7.11 Å². The minimum absolute atomic E-state index is 0.459. The number of hydrogen-bond acceptors (Lipinski definition) is 2. The van der Waals surface area contributed by atoms with Crippen molar-refractivity contribution in [2.75, 3.05) is 26.8 Å². The Bertz CT molecular complexity index is 271. The molecule has 0 spiro atoms. The van der Waals surface area contributed by atoms with Gasteiger partial charge in [0.2, 0.25) is 0 Å². The van der Waals surface area contributed by atoms with Gasteiger partial charge in [-0.1, -0.05) is 34.6 Å². The van der Waals surface area contributed by atoms with Gasteiger partial charge in [0.15, 0.2) is 0 Å². The minimum atomic E-state index is 0.459. The molecule has 21 heavy (non-hydrogen) atoms. The molecule has 0 saturated heterocycles. The summed E-state index contributed by atoms with van der Waals surface area (Å²) < 4.78 is 5.32. The Morgan fingerprint density at radius 3 is 2.52 bits per heavy atom. The third-order valence-corrected chi connectivity index (χ3v) is 5.61. The third-order valence-electron chi connectivity index (χ3n) is 5.61. The molecule has 1 N–H and O–H groups in total. The van der Waals surface area contributed by atoms with E-state index in [2.05, 4.69) is 39.9 Å². The van der Waals surface area contributed by atoms with Crippen LogP contribution in [0.25, 0.3) is 0 Å². The first-order chi connectivity index (χ1) is 9.90. The van der Waals surface area contributed by atoms with Gasteiger partial charge in [0, 0.05) is 13.7 Å². The largest absolute Gasteiger partial charge is 0.385 e. The van der Waals surface area contributed by atoms with E-state index >= 15 is 0 Å². The SMILES string of the molecule is CCCNCC1CCC(C(C)(C)C)CC1C(C)CCOC. The van der Waals surface area contributed by atoms with Crippen LogP contribution in [0, 0.1) is 29.1 Å². The first-order valence-corrected chi connectivity index (χ1v) is 9.09. The summed E-state index contributed by atoms with van der Waals surface area (Å²) in [4.78, 5) is 0. The number of nitrogens with one attached hydrogen (secondary N) is 1. The molecule has 1 aliphatic carbocycles. The highest BCUT2D eigenvalue weighted by atomic mass is 16.5. The van der Waals surface area contributed by atoms with Crippen LogP contribution in [0.1, 0.15) is 66.7 Å². The maximum Gasteiger partial charge on any atom is 0.0464 e. The first kappa shape index (κ1) is 19.0. The van der Waals surface area contributed by atoms with Crippen LogP contribution in [0.5, 0.6) is 0 Å². The summed E-state index contributed by atoms with van der Waals surface area (Å²) in [6, 6.07) is 0. The Morgan fingerprint density at radius 2 is 1.95 bits per heavy atom. The van der Waals surface area contributed by atoms with Crippen LogP contribution < -0.4 is 5.32 Å². The van der Waals surface area contributed by atoms with E-state index in [0.717, 1.165) is 30.3 Å². The van der Waals surface area contributed by atoms with Crippen molar-refractivity contribution in [3.05, 3.63) is 0 Å². The van der Waals surface area contributed by atoms with Crippen LogP contribution in [-0.2, 0) is 4.74 Å². The number of ether oxygens (including phenoxy) is 1. The van der Waals surface area contributed by atoms with Crippen LogP contribution in [0.15, 0.2) is 0 Å². The Morgan fingerprint density at radius 1 is 1.24 bits per heavy atom. The summed E-state index contributed by atoms with van der Waals surface area (Å²) in [5.74, 6) is 3.39. The monoisotopic (exact) mass is 297 g/mol. The smallest absolute Gasteiger partial charge is 0.0464 e. The van der Waals surface area contributed by atoms with Crippen molar-refractivity contribution in [3.8, 4) is 0 Å². The fourth-order valence-electron chi connectivity index (χ4n) is 3.99. The van der Waals surface area contributed by atoms with Gasteiger partial charge in [-0.15, -0.1) is 0 Å². The molecule has 4 atom stereocenters. The van der Waals surface area contributed by atoms with Crippen molar-refractivity contribution in [3.63, 3.8) is 0 Å². The Hall–Kier alpha value is -0.0800. The van der Waals surface area contributed by atoms with Gasteiger partial charge in [-0.2, -0.15) is 0 Å². The molecule has 0 aromatic carbocycles. The Labute approximate surface area is 133 Å². The highest BCUT2D eigenvalue weighted by Gasteiger charge is 2.37. The molecule has 4 unspecified atom stereocenters. The van der Waals surface area contributed by atoms with Gasteiger partial charge in [-0.25, -0.2) is 0 Å². The van der Waals surface area contributed by atoms with Crippen LogP contribution in [0.3, 0.4) is 0 Å². The predicted octanol–water partition coefficient (Wildman–Crippen LogP) is 4.74. The molecule has 0 radical (unpaired) electrons. The molecule has 0 aromatic heterocycles. The summed E-state index contributed by atoms with van der Waals surface area (Å²) in [5, 5.41) is 3.67. The normalized spacial score (nSPS) is 28.6. The minimum Gasteiger partial charge on any atom is -0.385 e. The molecule has 0 aromatic rings. The average Bonchev–Trinajstić information content (AvgIpc) is 2.44. The fraction of sp³-hybridized carbons (Fsp3) is 1.00. The second-order valence-corrected chi connectivity index (χ2v) is 8.26. The van der Waals surface area contributed by atoms with E-state index in [-0.39, 0.29) is 0 Å². The molecule has 126 valence electrons. The second kappa shape index (κ2) is 9.15. The van der Waals surface area contributed by atoms with Crippen molar-refractivity contribution in [2.24, 2.45) is 29.1 Å². The van der Waals surface area contributed by atoms with Gasteiger partial charge in [0.25, 0.3) is 0 Å². The number of hydrogen-bond donors (Lipinski definition) is 1. The van der Waals surface area contributed by atoms with E-state index in [9.17, 15) is 0 Å². The van der Waals surface area contributed by atoms with E-state index < -0.39 is 0 Å². The zero-order chi connectivity index (χ0) is 15.9. The van der Waals surface area contributed by atoms with Gasteiger partial charge >= 0.3 is 0 Å². The standard InChI is InChI=1S/C19H39NO/c1-7-11-20-14-16-8-9-17(19(3,4)5)13-18(16)15(2)10-12-21-6/h15-18,20H,7-14H2,1-6H3. The molecule has 0 aliphatic heterocycles. The number of methoxy groups -OCH3 is 1. The summed E-state index contributed by atoms with van der Waals surface area (Å²) in [6.45, 7) is 15.3. The summed E-state index contributed by atoms with van der Waals surface area (Å²) in [6.07, 6.45) is 6.67. The lowest BCUT2D eigenvalue weighted by molar-refractivity contribution is 0.0561. The van der Waals surface area contributed by atoms with Gasteiger partial charge in [0.05, 0.1) is 0 Å². The molecular weight excluding hydrogens is 258 g/mol. The van der Waals surface area contributed by atoms with Crippen LogP contribution in [-0.4, -0.2) is 26.8 Å². The molecule has 2 nitrogen and oxygen atoms in total. The highest BCUT2D eigenvalue weighted by molar-refractivity contribution is 4.88. The van der Waals surface area contributed by atoms with Gasteiger partial charge in [-0.3, -0.25) is 0 Å². The van der Waals surface area contributed by atoms with E-state index in [1.54, 1.807) is 0 Å². The zero-order valence-electron chi connectivity index (χ0n) is 15.4. The Balaban J connectivity index is 2.64. The zero-order valence-corrected chi connectivity index (χ0v) is 15.4. The summed E-state index contributed by atoms with van der Waals surface area (Å²) in [7, 11) is 1.83. The highest BCUT2D eigenvalue weighted by Crippen LogP contribution is 2.45. The van der Waals surface area contributed by atoms with Crippen molar-refractivity contribution in [1.29, 1.82) is 0 Å². The van der Waals surface area contributed by atoms with Crippen LogP contribution in [0.4, 0.5) is 0 Å². The second-order valence-electron chi connectivity index (χ2n) is 8.26. The molecular formula is C19H39NO. The maximum absolute atomic E-state index is 5.32. The molecule has 1 fully saturated rings. The summed E-state index contributed by atoms with van der Waals surface area (Å²) >= 11 is 0. The molecule has 0 amide bonds. The predicted molar refractivity (Wildman–Crippen MR) is 92.6 cm³/mol. The van der Waals surface area contributed by atoms with Gasteiger partial charge in [-0.05, 0) is 74.3 Å². The third kappa shape index (κ3) is 6.28. The van der Waals surface area contributed by atoms with Crippen LogP contribution in [0.2, 0.25) is 0 Å². The van der Waals surface area contributed by atoms with Crippen molar-refractivity contribution < 1.29 is 4.74 Å². The fourth-order valence-corrected chi connectivity index (χ4v) is 3.99. The van der Waals surface area contributed by atoms with E-state index in [1.165, 1.54) is 45.2 Å². The summed E-state index contributed by atoms with van der Waals surface area (Å²) in [5.41, 5.74) is 0.459. The van der Waals surface area contributed by atoms with Crippen molar-refractivity contribution >= 4 is 0 Å². The quantitative estimate of drug-likeness (QED) is 0.654.